The summed E-state index contributed by atoms with van der Waals surface area (Å²) in [6.45, 7) is 0. The zero-order valence-corrected chi connectivity index (χ0v) is 8.68. The van der Waals surface area contributed by atoms with Crippen LogP contribution in [0, 0.1) is 5.92 Å². The molecule has 1 fully saturated rings. The molecule has 1 atom stereocenters. The predicted octanol–water partition coefficient (Wildman–Crippen LogP) is 2.82. The van der Waals surface area contributed by atoms with E-state index in [9.17, 15) is 0 Å². The zero-order chi connectivity index (χ0) is 9.26. The fourth-order valence-electron chi connectivity index (χ4n) is 1.55. The van der Waals surface area contributed by atoms with Gasteiger partial charge in [-0.05, 0) is 42.7 Å². The summed E-state index contributed by atoms with van der Waals surface area (Å²) >= 11 is 1.77. The Kier molecular flexibility index (Phi) is 2.61. The second-order valence-electron chi connectivity index (χ2n) is 3.64. The summed E-state index contributed by atoms with van der Waals surface area (Å²) in [7, 11) is 0. The lowest BCUT2D eigenvalue weighted by atomic mass is 10.0. The highest BCUT2D eigenvalue weighted by atomic mass is 32.2. The van der Waals surface area contributed by atoms with Crippen molar-refractivity contribution in [3.8, 4) is 0 Å². The molecule has 2 rings (SSSR count). The van der Waals surface area contributed by atoms with Gasteiger partial charge in [0, 0.05) is 10.9 Å². The minimum absolute atomic E-state index is 0.274. The van der Waals surface area contributed by atoms with Crippen molar-refractivity contribution in [1.82, 2.24) is 0 Å². The van der Waals surface area contributed by atoms with E-state index in [4.69, 9.17) is 5.73 Å². The molecule has 2 N–H and O–H groups in total. The number of benzene rings is 1. The van der Waals surface area contributed by atoms with Crippen LogP contribution in [0.1, 0.15) is 24.4 Å². The van der Waals surface area contributed by atoms with Gasteiger partial charge in [0.05, 0.1) is 0 Å². The molecule has 1 aromatic rings. The van der Waals surface area contributed by atoms with Crippen molar-refractivity contribution in [1.29, 1.82) is 0 Å². The summed E-state index contributed by atoms with van der Waals surface area (Å²) in [6.07, 6.45) is 4.71. The number of hydrogen-bond donors (Lipinski definition) is 1. The Bertz CT molecular complexity index is 277. The second kappa shape index (κ2) is 3.72. The number of thioether (sulfide) groups is 1. The average molecular weight is 193 g/mol. The van der Waals surface area contributed by atoms with E-state index in [1.54, 1.807) is 11.8 Å². The molecule has 0 radical (unpaired) electrons. The number of nitrogens with two attached hydrogens (primary N) is 1. The van der Waals surface area contributed by atoms with Crippen molar-refractivity contribution in [2.24, 2.45) is 11.7 Å². The topological polar surface area (TPSA) is 26.0 Å². The molecule has 1 aliphatic rings. The van der Waals surface area contributed by atoms with Crippen molar-refractivity contribution in [3.05, 3.63) is 29.8 Å². The van der Waals surface area contributed by atoms with Crippen LogP contribution in [0.25, 0.3) is 0 Å². The molecule has 0 bridgehead atoms. The van der Waals surface area contributed by atoms with Crippen LogP contribution in [-0.4, -0.2) is 6.26 Å². The lowest BCUT2D eigenvalue weighted by Gasteiger charge is -2.10. The third-order valence-corrected chi connectivity index (χ3v) is 3.37. The van der Waals surface area contributed by atoms with Crippen LogP contribution in [0.15, 0.2) is 29.2 Å². The van der Waals surface area contributed by atoms with E-state index in [2.05, 4.69) is 30.5 Å². The molecule has 0 heterocycles. The SMILES string of the molecule is CSc1ccc(C(N)C2CC2)cc1. The first-order chi connectivity index (χ1) is 6.31. The molecule has 70 valence electrons. The van der Waals surface area contributed by atoms with Gasteiger partial charge in [0.15, 0.2) is 0 Å². The summed E-state index contributed by atoms with van der Waals surface area (Å²) in [5, 5.41) is 0. The molecule has 1 aromatic carbocycles. The molecule has 0 aromatic heterocycles. The van der Waals surface area contributed by atoms with Crippen molar-refractivity contribution < 1.29 is 0 Å². The average Bonchev–Trinajstić information content (AvgIpc) is 3.00. The first-order valence-electron chi connectivity index (χ1n) is 4.71. The molecule has 0 spiro atoms. The fraction of sp³-hybridized carbons (Fsp3) is 0.455. The highest BCUT2D eigenvalue weighted by molar-refractivity contribution is 7.98. The predicted molar refractivity (Wildman–Crippen MR) is 57.9 cm³/mol. The van der Waals surface area contributed by atoms with Gasteiger partial charge in [0.25, 0.3) is 0 Å². The first kappa shape index (κ1) is 9.10. The minimum Gasteiger partial charge on any atom is -0.324 e. The Morgan fingerprint density at radius 2 is 1.92 bits per heavy atom. The monoisotopic (exact) mass is 193 g/mol. The van der Waals surface area contributed by atoms with E-state index in [0.29, 0.717) is 0 Å². The summed E-state index contributed by atoms with van der Waals surface area (Å²) < 4.78 is 0. The van der Waals surface area contributed by atoms with Crippen LogP contribution in [0.3, 0.4) is 0 Å². The molecule has 1 saturated carbocycles. The Balaban J connectivity index is 2.11. The van der Waals surface area contributed by atoms with Gasteiger partial charge in [-0.15, -0.1) is 11.8 Å². The molecule has 0 amide bonds. The lowest BCUT2D eigenvalue weighted by Crippen LogP contribution is -2.11. The molecule has 1 unspecified atom stereocenters. The van der Waals surface area contributed by atoms with E-state index in [1.165, 1.54) is 23.3 Å². The van der Waals surface area contributed by atoms with E-state index in [-0.39, 0.29) is 6.04 Å². The van der Waals surface area contributed by atoms with Gasteiger partial charge < -0.3 is 5.73 Å². The van der Waals surface area contributed by atoms with Crippen LogP contribution >= 0.6 is 11.8 Å². The van der Waals surface area contributed by atoms with Gasteiger partial charge in [-0.2, -0.15) is 0 Å². The molecule has 1 aliphatic carbocycles. The highest BCUT2D eigenvalue weighted by Crippen LogP contribution is 2.39. The molecule has 1 nitrogen and oxygen atoms in total. The Morgan fingerprint density at radius 3 is 2.38 bits per heavy atom. The van der Waals surface area contributed by atoms with Gasteiger partial charge in [-0.25, -0.2) is 0 Å². The van der Waals surface area contributed by atoms with Crippen molar-refractivity contribution in [2.45, 2.75) is 23.8 Å². The molecule has 0 saturated heterocycles. The van der Waals surface area contributed by atoms with Crippen LogP contribution < -0.4 is 5.73 Å². The van der Waals surface area contributed by atoms with E-state index >= 15 is 0 Å². The fourth-order valence-corrected chi connectivity index (χ4v) is 1.96. The molecular weight excluding hydrogens is 178 g/mol. The minimum atomic E-state index is 0.274. The zero-order valence-electron chi connectivity index (χ0n) is 7.86. The summed E-state index contributed by atoms with van der Waals surface area (Å²) in [5.41, 5.74) is 7.38. The highest BCUT2D eigenvalue weighted by Gasteiger charge is 2.29. The Morgan fingerprint density at radius 1 is 1.31 bits per heavy atom. The van der Waals surface area contributed by atoms with E-state index in [0.717, 1.165) is 5.92 Å². The van der Waals surface area contributed by atoms with Gasteiger partial charge >= 0.3 is 0 Å². The van der Waals surface area contributed by atoms with Gasteiger partial charge in [-0.1, -0.05) is 12.1 Å². The van der Waals surface area contributed by atoms with E-state index < -0.39 is 0 Å². The van der Waals surface area contributed by atoms with Gasteiger partial charge in [0.1, 0.15) is 0 Å². The Hall–Kier alpha value is -0.470. The summed E-state index contributed by atoms with van der Waals surface area (Å²) in [4.78, 5) is 1.31. The largest absolute Gasteiger partial charge is 0.324 e. The van der Waals surface area contributed by atoms with Crippen LogP contribution in [0.2, 0.25) is 0 Å². The standard InChI is InChI=1S/C11H15NS/c1-13-10-6-4-9(5-7-10)11(12)8-2-3-8/h4-8,11H,2-3,12H2,1H3. The summed E-state index contributed by atoms with van der Waals surface area (Å²) in [5.74, 6) is 0.750. The normalized spacial score (nSPS) is 18.6. The third-order valence-electron chi connectivity index (χ3n) is 2.63. The lowest BCUT2D eigenvalue weighted by molar-refractivity contribution is 0.633. The number of rotatable bonds is 3. The molecule has 13 heavy (non-hydrogen) atoms. The second-order valence-corrected chi connectivity index (χ2v) is 4.52. The first-order valence-corrected chi connectivity index (χ1v) is 5.93. The summed E-state index contributed by atoms with van der Waals surface area (Å²) in [6, 6.07) is 8.91. The maximum Gasteiger partial charge on any atom is 0.0323 e. The quantitative estimate of drug-likeness (QED) is 0.747. The molecule has 0 aliphatic heterocycles. The van der Waals surface area contributed by atoms with Crippen molar-refractivity contribution in [2.75, 3.05) is 6.26 Å². The molecule has 2 heteroatoms. The maximum atomic E-state index is 6.09. The van der Waals surface area contributed by atoms with Crippen molar-refractivity contribution >= 4 is 11.8 Å². The van der Waals surface area contributed by atoms with E-state index in [1.807, 2.05) is 0 Å². The third kappa shape index (κ3) is 2.06. The van der Waals surface area contributed by atoms with Gasteiger partial charge in [0.2, 0.25) is 0 Å². The maximum absolute atomic E-state index is 6.09. The van der Waals surface area contributed by atoms with Crippen LogP contribution in [-0.2, 0) is 0 Å². The van der Waals surface area contributed by atoms with Crippen LogP contribution in [0.4, 0.5) is 0 Å². The number of hydrogen-bond acceptors (Lipinski definition) is 2. The van der Waals surface area contributed by atoms with Gasteiger partial charge in [-0.3, -0.25) is 0 Å². The van der Waals surface area contributed by atoms with Crippen molar-refractivity contribution in [3.63, 3.8) is 0 Å². The smallest absolute Gasteiger partial charge is 0.0323 e. The molecular formula is C11H15NS. The Labute approximate surface area is 83.7 Å². The van der Waals surface area contributed by atoms with Crippen LogP contribution in [0.5, 0.6) is 0 Å².